The normalized spacial score (nSPS) is 12.7. The third kappa shape index (κ3) is 4.99. The molecule has 2 rings (SSSR count). The molecule has 0 fully saturated rings. The van der Waals surface area contributed by atoms with E-state index in [4.69, 9.17) is 4.74 Å². The molecule has 5 nitrogen and oxygen atoms in total. The molecular weight excluding hydrogens is 366 g/mol. The smallest absolute Gasteiger partial charge is 0.400 e. The molecule has 25 heavy (non-hydrogen) atoms. The topological polar surface area (TPSA) is 69.4 Å². The Labute approximate surface area is 141 Å². The fourth-order valence-electron chi connectivity index (χ4n) is 1.95. The summed E-state index contributed by atoms with van der Waals surface area (Å²) in [6.07, 6.45) is -4.63. The summed E-state index contributed by atoms with van der Waals surface area (Å²) in [5, 5.41) is 10.6. The first kappa shape index (κ1) is 18.8. The second-order valence-corrected chi connectivity index (χ2v) is 6.43. The van der Waals surface area contributed by atoms with Gasteiger partial charge in [-0.25, -0.2) is 4.39 Å². The number of non-ortho nitro benzene ring substituents is 1. The van der Waals surface area contributed by atoms with Crippen LogP contribution in [0.3, 0.4) is 0 Å². The van der Waals surface area contributed by atoms with Crippen molar-refractivity contribution in [3.8, 4) is 11.5 Å². The van der Waals surface area contributed by atoms with E-state index in [2.05, 4.69) is 0 Å². The molecule has 0 aliphatic rings. The molecule has 0 aliphatic carbocycles. The summed E-state index contributed by atoms with van der Waals surface area (Å²) < 4.78 is 68.2. The van der Waals surface area contributed by atoms with Gasteiger partial charge in [0.25, 0.3) is 5.69 Å². The standard InChI is InChI=1S/C15H11F4NO4S/c1-9-6-12(16)13(7-14(9)25(23)8-15(17,18)19)24-11-4-2-10(3-5-11)20(21)22/h2-7H,8H2,1H3. The molecule has 0 amide bonds. The Morgan fingerprint density at radius 3 is 2.32 bits per heavy atom. The zero-order valence-corrected chi connectivity index (χ0v) is 13.5. The van der Waals surface area contributed by atoms with Gasteiger partial charge < -0.3 is 4.74 Å². The summed E-state index contributed by atoms with van der Waals surface area (Å²) in [7, 11) is -2.41. The maximum absolute atomic E-state index is 14.0. The molecular formula is C15H11F4NO4S. The number of halogens is 4. The van der Waals surface area contributed by atoms with Crippen LogP contribution < -0.4 is 4.74 Å². The lowest BCUT2D eigenvalue weighted by Crippen LogP contribution is -2.19. The molecule has 0 heterocycles. The monoisotopic (exact) mass is 377 g/mol. The number of nitro groups is 1. The second kappa shape index (κ2) is 7.18. The van der Waals surface area contributed by atoms with Gasteiger partial charge in [-0.1, -0.05) is 0 Å². The first-order valence-electron chi connectivity index (χ1n) is 6.74. The molecule has 0 saturated carbocycles. The summed E-state index contributed by atoms with van der Waals surface area (Å²) in [5.74, 6) is -2.80. The highest BCUT2D eigenvalue weighted by Crippen LogP contribution is 2.31. The van der Waals surface area contributed by atoms with Crippen molar-refractivity contribution in [3.63, 3.8) is 0 Å². The van der Waals surface area contributed by atoms with Gasteiger partial charge in [-0.2, -0.15) is 13.2 Å². The van der Waals surface area contributed by atoms with Crippen molar-refractivity contribution in [2.45, 2.75) is 18.0 Å². The molecule has 0 saturated heterocycles. The Bertz CT molecular complexity index is 822. The zero-order valence-electron chi connectivity index (χ0n) is 12.7. The lowest BCUT2D eigenvalue weighted by Gasteiger charge is -2.12. The van der Waals surface area contributed by atoms with E-state index < -0.39 is 39.2 Å². The molecule has 10 heteroatoms. The van der Waals surface area contributed by atoms with Crippen LogP contribution in [-0.4, -0.2) is 21.1 Å². The number of rotatable bonds is 5. The SMILES string of the molecule is Cc1cc(F)c(Oc2ccc([N+](=O)[O-])cc2)cc1S(=O)CC(F)(F)F. The highest BCUT2D eigenvalue weighted by Gasteiger charge is 2.32. The molecule has 0 bridgehead atoms. The first-order chi connectivity index (χ1) is 11.6. The number of hydrogen-bond acceptors (Lipinski definition) is 4. The van der Waals surface area contributed by atoms with Gasteiger partial charge in [0.05, 0.1) is 15.7 Å². The number of nitrogens with zero attached hydrogens (tertiary/aromatic N) is 1. The maximum atomic E-state index is 14.0. The van der Waals surface area contributed by atoms with Crippen LogP contribution in [0.25, 0.3) is 0 Å². The fourth-order valence-corrected chi connectivity index (χ4v) is 3.06. The Kier molecular flexibility index (Phi) is 5.41. The number of aryl methyl sites for hydroxylation is 1. The van der Waals surface area contributed by atoms with Crippen molar-refractivity contribution in [1.29, 1.82) is 0 Å². The predicted molar refractivity (Wildman–Crippen MR) is 81.6 cm³/mol. The minimum Gasteiger partial charge on any atom is -0.454 e. The molecule has 2 aromatic rings. The summed E-state index contributed by atoms with van der Waals surface area (Å²) in [6.45, 7) is 1.34. The molecule has 2 aromatic carbocycles. The highest BCUT2D eigenvalue weighted by atomic mass is 32.2. The molecule has 1 unspecified atom stereocenters. The Hall–Kier alpha value is -2.49. The average Bonchev–Trinajstić information content (AvgIpc) is 2.48. The van der Waals surface area contributed by atoms with Crippen LogP contribution in [0.1, 0.15) is 5.56 Å². The third-order valence-corrected chi connectivity index (χ3v) is 4.56. The van der Waals surface area contributed by atoms with Crippen molar-refractivity contribution in [2.75, 3.05) is 5.75 Å². The van der Waals surface area contributed by atoms with Gasteiger partial charge in [0.2, 0.25) is 0 Å². The summed E-state index contributed by atoms with van der Waals surface area (Å²) in [4.78, 5) is 9.75. The van der Waals surface area contributed by atoms with Crippen molar-refractivity contribution < 1.29 is 31.4 Å². The molecule has 1 atom stereocenters. The van der Waals surface area contributed by atoms with E-state index in [-0.39, 0.29) is 21.9 Å². The highest BCUT2D eigenvalue weighted by molar-refractivity contribution is 7.85. The van der Waals surface area contributed by atoms with Crippen LogP contribution in [0, 0.1) is 22.9 Å². The van der Waals surface area contributed by atoms with E-state index in [0.717, 1.165) is 24.3 Å². The number of ether oxygens (including phenoxy) is 1. The largest absolute Gasteiger partial charge is 0.454 e. The summed E-state index contributed by atoms with van der Waals surface area (Å²) in [5.41, 5.74) is -0.111. The summed E-state index contributed by atoms with van der Waals surface area (Å²) >= 11 is 0. The van der Waals surface area contributed by atoms with Crippen LogP contribution in [0.2, 0.25) is 0 Å². The number of alkyl halides is 3. The van der Waals surface area contributed by atoms with E-state index in [9.17, 15) is 31.9 Å². The fraction of sp³-hybridized carbons (Fsp3) is 0.200. The number of hydrogen-bond donors (Lipinski definition) is 0. The van der Waals surface area contributed by atoms with E-state index >= 15 is 0 Å². The van der Waals surface area contributed by atoms with Gasteiger partial charge in [-0.3, -0.25) is 14.3 Å². The van der Waals surface area contributed by atoms with Crippen LogP contribution in [0.4, 0.5) is 23.2 Å². The molecule has 134 valence electrons. The van der Waals surface area contributed by atoms with E-state index in [1.54, 1.807) is 0 Å². The number of nitro benzene ring substituents is 1. The minimum absolute atomic E-state index is 0.0425. The Balaban J connectivity index is 2.30. The lowest BCUT2D eigenvalue weighted by molar-refractivity contribution is -0.384. The Morgan fingerprint density at radius 1 is 1.20 bits per heavy atom. The van der Waals surface area contributed by atoms with E-state index in [0.29, 0.717) is 0 Å². The van der Waals surface area contributed by atoms with Crippen LogP contribution in [0.15, 0.2) is 41.3 Å². The van der Waals surface area contributed by atoms with Gasteiger partial charge in [0.1, 0.15) is 11.5 Å². The van der Waals surface area contributed by atoms with Gasteiger partial charge in [0, 0.05) is 23.1 Å². The zero-order chi connectivity index (χ0) is 18.8. The predicted octanol–water partition coefficient (Wildman–Crippen LogP) is 4.50. The first-order valence-corrected chi connectivity index (χ1v) is 8.06. The molecule has 0 aliphatic heterocycles. The van der Waals surface area contributed by atoms with Gasteiger partial charge >= 0.3 is 6.18 Å². The van der Waals surface area contributed by atoms with Crippen molar-refractivity contribution in [3.05, 3.63) is 57.9 Å². The van der Waals surface area contributed by atoms with Crippen LogP contribution in [-0.2, 0) is 10.8 Å². The Morgan fingerprint density at radius 2 is 1.80 bits per heavy atom. The summed E-state index contributed by atoms with van der Waals surface area (Å²) in [6, 6.07) is 6.54. The minimum atomic E-state index is -4.63. The van der Waals surface area contributed by atoms with Gasteiger partial charge in [-0.15, -0.1) is 0 Å². The lowest BCUT2D eigenvalue weighted by atomic mass is 10.2. The third-order valence-electron chi connectivity index (χ3n) is 3.04. The molecule has 0 N–H and O–H groups in total. The molecule has 0 radical (unpaired) electrons. The van der Waals surface area contributed by atoms with E-state index in [1.807, 2.05) is 0 Å². The van der Waals surface area contributed by atoms with Crippen molar-refractivity contribution in [1.82, 2.24) is 0 Å². The molecule has 0 spiro atoms. The quantitative estimate of drug-likeness (QED) is 0.437. The van der Waals surface area contributed by atoms with Crippen molar-refractivity contribution >= 4 is 16.5 Å². The van der Waals surface area contributed by atoms with Gasteiger partial charge in [0.15, 0.2) is 11.6 Å². The van der Waals surface area contributed by atoms with Gasteiger partial charge in [-0.05, 0) is 30.7 Å². The molecule has 0 aromatic heterocycles. The van der Waals surface area contributed by atoms with E-state index in [1.165, 1.54) is 19.1 Å². The second-order valence-electron chi connectivity index (χ2n) is 5.01. The maximum Gasteiger partial charge on any atom is 0.400 e. The van der Waals surface area contributed by atoms with Crippen LogP contribution in [0.5, 0.6) is 11.5 Å². The van der Waals surface area contributed by atoms with Crippen molar-refractivity contribution in [2.24, 2.45) is 0 Å². The van der Waals surface area contributed by atoms with Crippen LogP contribution >= 0.6 is 0 Å². The number of benzene rings is 2. The average molecular weight is 377 g/mol.